The molecule has 1 aromatic heterocycles. The first-order chi connectivity index (χ1) is 10.1. The van der Waals surface area contributed by atoms with E-state index in [1.54, 1.807) is 0 Å². The number of hydrogen-bond acceptors (Lipinski definition) is 3. The van der Waals surface area contributed by atoms with Gasteiger partial charge in [-0.1, -0.05) is 13.0 Å². The minimum atomic E-state index is 0.170. The summed E-state index contributed by atoms with van der Waals surface area (Å²) in [7, 11) is 4.24. The number of carbonyl (C=O) groups is 1. The smallest absolute Gasteiger partial charge is 0.222 e. The first-order valence-electron chi connectivity index (χ1n) is 7.90. The SMILES string of the molecule is CCC(=O)N1CCC(CCN(C)C)(c2cccnc2)CC1. The van der Waals surface area contributed by atoms with Crippen molar-refractivity contribution in [3.8, 4) is 0 Å². The van der Waals surface area contributed by atoms with Crippen LogP contribution in [-0.2, 0) is 10.2 Å². The molecule has 0 aromatic carbocycles. The van der Waals surface area contributed by atoms with Crippen LogP contribution < -0.4 is 0 Å². The normalized spacial score (nSPS) is 18.0. The third kappa shape index (κ3) is 3.82. The van der Waals surface area contributed by atoms with Gasteiger partial charge in [0.15, 0.2) is 0 Å². The molecule has 1 saturated heterocycles. The zero-order chi connectivity index (χ0) is 15.3. The number of rotatable bonds is 5. The molecule has 1 amide bonds. The standard InChI is InChI=1S/C17H27N3O/c1-4-16(21)20-12-8-17(9-13-20,7-11-19(2)3)15-6-5-10-18-14-15/h5-6,10,14H,4,7-9,11-13H2,1-3H3. The lowest BCUT2D eigenvalue weighted by Gasteiger charge is -2.42. The molecule has 116 valence electrons. The summed E-state index contributed by atoms with van der Waals surface area (Å²) in [6.45, 7) is 4.75. The van der Waals surface area contributed by atoms with Gasteiger partial charge in [-0.25, -0.2) is 0 Å². The van der Waals surface area contributed by atoms with Gasteiger partial charge < -0.3 is 9.80 Å². The van der Waals surface area contributed by atoms with E-state index in [9.17, 15) is 4.79 Å². The third-order valence-corrected chi connectivity index (χ3v) is 4.69. The molecule has 1 aromatic rings. The molecule has 4 heteroatoms. The van der Waals surface area contributed by atoms with Gasteiger partial charge in [-0.2, -0.15) is 0 Å². The summed E-state index contributed by atoms with van der Waals surface area (Å²) >= 11 is 0. The molecule has 1 aliphatic heterocycles. The van der Waals surface area contributed by atoms with Crippen LogP contribution in [0.4, 0.5) is 0 Å². The maximum absolute atomic E-state index is 11.9. The number of piperidine rings is 1. The van der Waals surface area contributed by atoms with E-state index in [4.69, 9.17) is 0 Å². The zero-order valence-corrected chi connectivity index (χ0v) is 13.5. The van der Waals surface area contributed by atoms with Crippen LogP contribution in [0, 0.1) is 0 Å². The van der Waals surface area contributed by atoms with E-state index in [1.807, 2.05) is 30.3 Å². The van der Waals surface area contributed by atoms with E-state index in [-0.39, 0.29) is 11.3 Å². The Balaban J connectivity index is 2.14. The van der Waals surface area contributed by atoms with E-state index in [1.165, 1.54) is 5.56 Å². The highest BCUT2D eigenvalue weighted by Gasteiger charge is 2.37. The molecule has 0 unspecified atom stereocenters. The maximum Gasteiger partial charge on any atom is 0.222 e. The molecular weight excluding hydrogens is 262 g/mol. The van der Waals surface area contributed by atoms with Gasteiger partial charge in [0.1, 0.15) is 0 Å². The highest BCUT2D eigenvalue weighted by molar-refractivity contribution is 5.75. The Morgan fingerprint density at radius 3 is 2.62 bits per heavy atom. The highest BCUT2D eigenvalue weighted by Crippen LogP contribution is 2.38. The lowest BCUT2D eigenvalue weighted by molar-refractivity contribution is -0.132. The minimum absolute atomic E-state index is 0.170. The fraction of sp³-hybridized carbons (Fsp3) is 0.647. The van der Waals surface area contributed by atoms with Gasteiger partial charge in [-0.05, 0) is 51.5 Å². The topological polar surface area (TPSA) is 36.4 Å². The van der Waals surface area contributed by atoms with Crippen molar-refractivity contribution in [2.24, 2.45) is 0 Å². The van der Waals surface area contributed by atoms with Crippen LogP contribution in [0.5, 0.6) is 0 Å². The zero-order valence-electron chi connectivity index (χ0n) is 13.5. The molecule has 4 nitrogen and oxygen atoms in total. The average Bonchev–Trinajstić information content (AvgIpc) is 2.53. The predicted molar refractivity (Wildman–Crippen MR) is 85.2 cm³/mol. The second-order valence-corrected chi connectivity index (χ2v) is 6.31. The van der Waals surface area contributed by atoms with Crippen molar-refractivity contribution in [3.63, 3.8) is 0 Å². The van der Waals surface area contributed by atoms with Gasteiger partial charge in [0.25, 0.3) is 0 Å². The third-order valence-electron chi connectivity index (χ3n) is 4.69. The largest absolute Gasteiger partial charge is 0.343 e. The van der Waals surface area contributed by atoms with Crippen LogP contribution in [-0.4, -0.2) is 54.4 Å². The summed E-state index contributed by atoms with van der Waals surface area (Å²) in [4.78, 5) is 20.4. The molecule has 0 N–H and O–H groups in total. The summed E-state index contributed by atoms with van der Waals surface area (Å²) in [5, 5.41) is 0. The van der Waals surface area contributed by atoms with Gasteiger partial charge in [0.2, 0.25) is 5.91 Å². The van der Waals surface area contributed by atoms with Gasteiger partial charge in [0.05, 0.1) is 0 Å². The Hall–Kier alpha value is -1.42. The van der Waals surface area contributed by atoms with Crippen molar-refractivity contribution in [1.82, 2.24) is 14.8 Å². The number of nitrogens with zero attached hydrogens (tertiary/aromatic N) is 3. The average molecular weight is 289 g/mol. The molecule has 21 heavy (non-hydrogen) atoms. The van der Waals surface area contributed by atoms with Gasteiger partial charge in [0, 0.05) is 37.3 Å². The molecule has 2 heterocycles. The molecule has 0 bridgehead atoms. The first kappa shape index (κ1) is 16.0. The van der Waals surface area contributed by atoms with Gasteiger partial charge >= 0.3 is 0 Å². The molecule has 0 aliphatic carbocycles. The molecule has 1 fully saturated rings. The fourth-order valence-corrected chi connectivity index (χ4v) is 3.20. The number of aromatic nitrogens is 1. The van der Waals surface area contributed by atoms with Crippen LogP contribution >= 0.6 is 0 Å². The van der Waals surface area contributed by atoms with Gasteiger partial charge in [-0.15, -0.1) is 0 Å². The molecule has 1 aliphatic rings. The van der Waals surface area contributed by atoms with E-state index in [0.717, 1.165) is 38.9 Å². The van der Waals surface area contributed by atoms with Crippen molar-refractivity contribution < 1.29 is 4.79 Å². The van der Waals surface area contributed by atoms with E-state index < -0.39 is 0 Å². The number of carbonyl (C=O) groups excluding carboxylic acids is 1. The van der Waals surface area contributed by atoms with Gasteiger partial charge in [-0.3, -0.25) is 9.78 Å². The monoisotopic (exact) mass is 289 g/mol. The van der Waals surface area contributed by atoms with Crippen molar-refractivity contribution in [2.45, 2.75) is 38.0 Å². The molecule has 0 radical (unpaired) electrons. The maximum atomic E-state index is 11.9. The molecule has 0 spiro atoms. The van der Waals surface area contributed by atoms with Crippen molar-refractivity contribution in [2.75, 3.05) is 33.7 Å². The second-order valence-electron chi connectivity index (χ2n) is 6.31. The number of pyridine rings is 1. The van der Waals surface area contributed by atoms with Crippen LogP contribution in [0.25, 0.3) is 0 Å². The summed E-state index contributed by atoms with van der Waals surface area (Å²) in [6, 6.07) is 4.22. The summed E-state index contributed by atoms with van der Waals surface area (Å²) in [5.74, 6) is 0.280. The quantitative estimate of drug-likeness (QED) is 0.834. The van der Waals surface area contributed by atoms with Crippen LogP contribution in [0.1, 0.15) is 38.2 Å². The van der Waals surface area contributed by atoms with Crippen molar-refractivity contribution in [3.05, 3.63) is 30.1 Å². The Bertz CT molecular complexity index is 450. The van der Waals surface area contributed by atoms with Crippen LogP contribution in [0.15, 0.2) is 24.5 Å². The summed E-state index contributed by atoms with van der Waals surface area (Å²) in [6.07, 6.45) is 7.65. The van der Waals surface area contributed by atoms with E-state index in [0.29, 0.717) is 6.42 Å². The summed E-state index contributed by atoms with van der Waals surface area (Å²) < 4.78 is 0. The lowest BCUT2D eigenvalue weighted by Crippen LogP contribution is -2.46. The summed E-state index contributed by atoms with van der Waals surface area (Å²) in [5.41, 5.74) is 1.50. The Labute approximate surface area is 128 Å². The van der Waals surface area contributed by atoms with Crippen LogP contribution in [0.2, 0.25) is 0 Å². The minimum Gasteiger partial charge on any atom is -0.343 e. The number of likely N-dealkylation sites (tertiary alicyclic amines) is 1. The Morgan fingerprint density at radius 2 is 2.10 bits per heavy atom. The van der Waals surface area contributed by atoms with E-state index in [2.05, 4.69) is 30.0 Å². The molecule has 0 saturated carbocycles. The predicted octanol–water partition coefficient (Wildman–Crippen LogP) is 2.30. The lowest BCUT2D eigenvalue weighted by atomic mass is 9.71. The fourth-order valence-electron chi connectivity index (χ4n) is 3.20. The molecule has 0 atom stereocenters. The first-order valence-corrected chi connectivity index (χ1v) is 7.90. The molecule has 2 rings (SSSR count). The molecular formula is C17H27N3O. The number of amides is 1. The number of hydrogen-bond donors (Lipinski definition) is 0. The van der Waals surface area contributed by atoms with Crippen molar-refractivity contribution >= 4 is 5.91 Å². The Morgan fingerprint density at radius 1 is 1.38 bits per heavy atom. The second kappa shape index (κ2) is 7.03. The Kier molecular flexibility index (Phi) is 5.34. The van der Waals surface area contributed by atoms with Crippen molar-refractivity contribution in [1.29, 1.82) is 0 Å². The highest BCUT2D eigenvalue weighted by atomic mass is 16.2. The van der Waals surface area contributed by atoms with E-state index >= 15 is 0 Å². The van der Waals surface area contributed by atoms with Crippen LogP contribution in [0.3, 0.4) is 0 Å².